The molecule has 30 heavy (non-hydrogen) atoms. The Kier molecular flexibility index (Phi) is 5.72. The quantitative estimate of drug-likeness (QED) is 0.560. The Morgan fingerprint density at radius 1 is 1.17 bits per heavy atom. The lowest BCUT2D eigenvalue weighted by atomic mass is 9.95. The smallest absolute Gasteiger partial charge is 0.341 e. The van der Waals surface area contributed by atoms with Gasteiger partial charge in [-0.05, 0) is 69.2 Å². The Morgan fingerprint density at radius 3 is 2.73 bits per heavy atom. The molecule has 6 nitrogen and oxygen atoms in total. The molecule has 1 aliphatic rings. The van der Waals surface area contributed by atoms with Gasteiger partial charge in [-0.25, -0.2) is 4.79 Å². The number of aryl methyl sites for hydroxylation is 3. The molecule has 1 aliphatic carbocycles. The summed E-state index contributed by atoms with van der Waals surface area (Å²) in [5.74, 6) is -0.263. The molecule has 0 spiro atoms. The van der Waals surface area contributed by atoms with Gasteiger partial charge in [0.15, 0.2) is 11.5 Å². The van der Waals surface area contributed by atoms with Crippen LogP contribution in [0.1, 0.15) is 62.2 Å². The van der Waals surface area contributed by atoms with E-state index >= 15 is 0 Å². The number of hydrogen-bond donors (Lipinski definition) is 1. The van der Waals surface area contributed by atoms with Crippen molar-refractivity contribution in [3.05, 3.63) is 57.1 Å². The van der Waals surface area contributed by atoms with E-state index in [1.807, 2.05) is 32.0 Å². The minimum absolute atomic E-state index is 0.171. The third-order valence-electron chi connectivity index (χ3n) is 5.41. The summed E-state index contributed by atoms with van der Waals surface area (Å²) < 4.78 is 10.6. The van der Waals surface area contributed by atoms with Gasteiger partial charge in [-0.3, -0.25) is 4.79 Å². The molecule has 0 radical (unpaired) electrons. The normalized spacial score (nSPS) is 13.0. The summed E-state index contributed by atoms with van der Waals surface area (Å²) in [7, 11) is 0. The molecule has 0 unspecified atom stereocenters. The number of fused-ring (bicyclic) bond motifs is 1. The molecule has 7 heteroatoms. The number of ether oxygens (including phenoxy) is 1. The van der Waals surface area contributed by atoms with Crippen LogP contribution in [0.2, 0.25) is 0 Å². The predicted molar refractivity (Wildman–Crippen MR) is 116 cm³/mol. The maximum absolute atomic E-state index is 12.8. The molecule has 2 aromatic heterocycles. The number of anilines is 1. The Balaban J connectivity index is 1.60. The first-order chi connectivity index (χ1) is 14.5. The van der Waals surface area contributed by atoms with Gasteiger partial charge in [-0.15, -0.1) is 11.3 Å². The highest BCUT2D eigenvalue weighted by Gasteiger charge is 2.28. The number of carbonyl (C=O) groups excluding carboxylic acids is 2. The van der Waals surface area contributed by atoms with Crippen LogP contribution in [0.25, 0.3) is 11.3 Å². The van der Waals surface area contributed by atoms with Gasteiger partial charge in [0.1, 0.15) is 5.00 Å². The highest BCUT2D eigenvalue weighted by atomic mass is 32.1. The third kappa shape index (κ3) is 3.89. The lowest BCUT2D eigenvalue weighted by Gasteiger charge is -2.12. The number of benzene rings is 1. The largest absolute Gasteiger partial charge is 0.462 e. The standard InChI is InChI=1S/C23H24N2O4S/c1-4-28-23(27)20-16-7-5-6-8-19(16)30-22(20)24-21(26)17-12-18(29-25-17)15-10-9-13(2)14(3)11-15/h9-12H,4-8H2,1-3H3,(H,24,26). The summed E-state index contributed by atoms with van der Waals surface area (Å²) in [4.78, 5) is 26.6. The Bertz CT molecular complexity index is 1110. The lowest BCUT2D eigenvalue weighted by molar-refractivity contribution is 0.0526. The van der Waals surface area contributed by atoms with Gasteiger partial charge in [0.05, 0.1) is 12.2 Å². The average molecular weight is 425 g/mol. The van der Waals surface area contributed by atoms with E-state index in [9.17, 15) is 9.59 Å². The summed E-state index contributed by atoms with van der Waals surface area (Å²) >= 11 is 1.45. The molecule has 1 amide bonds. The Hall–Kier alpha value is -2.93. The van der Waals surface area contributed by atoms with Gasteiger partial charge in [0, 0.05) is 16.5 Å². The first-order valence-electron chi connectivity index (χ1n) is 10.1. The van der Waals surface area contributed by atoms with Crippen LogP contribution in [0, 0.1) is 13.8 Å². The summed E-state index contributed by atoms with van der Waals surface area (Å²) in [6.07, 6.45) is 3.87. The summed E-state index contributed by atoms with van der Waals surface area (Å²) in [6, 6.07) is 7.58. The van der Waals surface area contributed by atoms with Crippen molar-refractivity contribution in [1.82, 2.24) is 5.16 Å². The molecule has 0 fully saturated rings. The first kappa shape index (κ1) is 20.3. The molecule has 0 saturated carbocycles. The molecule has 0 aliphatic heterocycles. The molecule has 0 bridgehead atoms. The zero-order valence-corrected chi connectivity index (χ0v) is 18.1. The van der Waals surface area contributed by atoms with Crippen LogP contribution in [0.5, 0.6) is 0 Å². The molecule has 1 N–H and O–H groups in total. The van der Waals surface area contributed by atoms with Crippen molar-refractivity contribution in [1.29, 1.82) is 0 Å². The van der Waals surface area contributed by atoms with Crippen molar-refractivity contribution in [2.45, 2.75) is 46.5 Å². The summed E-state index contributed by atoms with van der Waals surface area (Å²) in [5.41, 5.74) is 4.86. The number of aromatic nitrogens is 1. The molecule has 0 atom stereocenters. The fraction of sp³-hybridized carbons (Fsp3) is 0.348. The number of rotatable bonds is 5. The van der Waals surface area contributed by atoms with E-state index in [4.69, 9.17) is 9.26 Å². The van der Waals surface area contributed by atoms with Gasteiger partial charge < -0.3 is 14.6 Å². The average Bonchev–Trinajstić information content (AvgIpc) is 3.35. The van der Waals surface area contributed by atoms with Crippen LogP contribution < -0.4 is 5.32 Å². The van der Waals surface area contributed by atoms with Gasteiger partial charge in [0.2, 0.25) is 0 Å². The van der Waals surface area contributed by atoms with Crippen LogP contribution in [0.3, 0.4) is 0 Å². The van der Waals surface area contributed by atoms with E-state index < -0.39 is 5.91 Å². The number of carbonyl (C=O) groups is 2. The monoisotopic (exact) mass is 424 g/mol. The maximum Gasteiger partial charge on any atom is 0.341 e. The minimum atomic E-state index is -0.405. The van der Waals surface area contributed by atoms with Crippen molar-refractivity contribution in [3.8, 4) is 11.3 Å². The van der Waals surface area contributed by atoms with Crippen LogP contribution in [-0.2, 0) is 17.6 Å². The summed E-state index contributed by atoms with van der Waals surface area (Å²) in [5, 5.41) is 7.33. The van der Waals surface area contributed by atoms with Crippen LogP contribution in [0.15, 0.2) is 28.8 Å². The van der Waals surface area contributed by atoms with E-state index in [1.54, 1.807) is 13.0 Å². The fourth-order valence-electron chi connectivity index (χ4n) is 3.65. The summed E-state index contributed by atoms with van der Waals surface area (Å²) in [6.45, 7) is 6.14. The van der Waals surface area contributed by atoms with Gasteiger partial charge >= 0.3 is 5.97 Å². The predicted octanol–water partition coefficient (Wildman–Crippen LogP) is 5.33. The number of esters is 1. The van der Waals surface area contributed by atoms with Crippen molar-refractivity contribution in [2.75, 3.05) is 11.9 Å². The molecule has 0 saturated heterocycles. The van der Waals surface area contributed by atoms with Crippen molar-refractivity contribution >= 4 is 28.2 Å². The van der Waals surface area contributed by atoms with E-state index in [2.05, 4.69) is 10.5 Å². The number of hydrogen-bond acceptors (Lipinski definition) is 6. The Morgan fingerprint density at radius 2 is 1.97 bits per heavy atom. The van der Waals surface area contributed by atoms with E-state index in [-0.39, 0.29) is 11.7 Å². The molecule has 4 rings (SSSR count). The number of amides is 1. The topological polar surface area (TPSA) is 81.4 Å². The molecule has 2 heterocycles. The molecule has 3 aromatic rings. The number of thiophene rings is 1. The first-order valence-corrected chi connectivity index (χ1v) is 11.0. The van der Waals surface area contributed by atoms with Crippen molar-refractivity contribution in [2.24, 2.45) is 0 Å². The van der Waals surface area contributed by atoms with E-state index in [0.29, 0.717) is 22.9 Å². The zero-order chi connectivity index (χ0) is 21.3. The second-order valence-electron chi connectivity index (χ2n) is 7.47. The fourth-order valence-corrected chi connectivity index (χ4v) is 4.93. The SMILES string of the molecule is CCOC(=O)c1c(NC(=O)c2cc(-c3ccc(C)c(C)c3)on2)sc2c1CCCC2. The van der Waals surface area contributed by atoms with Crippen LogP contribution in [0.4, 0.5) is 5.00 Å². The highest BCUT2D eigenvalue weighted by molar-refractivity contribution is 7.17. The lowest BCUT2D eigenvalue weighted by Crippen LogP contribution is -2.16. The molecule has 1 aromatic carbocycles. The number of nitrogens with one attached hydrogen (secondary N) is 1. The molecular weight excluding hydrogens is 400 g/mol. The second-order valence-corrected chi connectivity index (χ2v) is 8.57. The third-order valence-corrected chi connectivity index (χ3v) is 6.62. The second kappa shape index (κ2) is 8.44. The van der Waals surface area contributed by atoms with Crippen LogP contribution >= 0.6 is 11.3 Å². The molecular formula is C23H24N2O4S. The maximum atomic E-state index is 12.8. The highest BCUT2D eigenvalue weighted by Crippen LogP contribution is 2.39. The van der Waals surface area contributed by atoms with Gasteiger partial charge in [0.25, 0.3) is 5.91 Å². The van der Waals surface area contributed by atoms with Crippen LogP contribution in [-0.4, -0.2) is 23.6 Å². The van der Waals surface area contributed by atoms with E-state index in [1.165, 1.54) is 16.9 Å². The van der Waals surface area contributed by atoms with Crippen molar-refractivity contribution < 1.29 is 18.8 Å². The van der Waals surface area contributed by atoms with Gasteiger partial charge in [-0.2, -0.15) is 0 Å². The minimum Gasteiger partial charge on any atom is -0.462 e. The zero-order valence-electron chi connectivity index (χ0n) is 17.3. The number of nitrogens with zero attached hydrogens (tertiary/aromatic N) is 1. The Labute approximate surface area is 179 Å². The van der Waals surface area contributed by atoms with Gasteiger partial charge in [-0.1, -0.05) is 17.3 Å². The van der Waals surface area contributed by atoms with E-state index in [0.717, 1.165) is 47.3 Å². The molecule has 156 valence electrons. The van der Waals surface area contributed by atoms with Crippen molar-refractivity contribution in [3.63, 3.8) is 0 Å².